The predicted octanol–water partition coefficient (Wildman–Crippen LogP) is 6.17. The summed E-state index contributed by atoms with van der Waals surface area (Å²) < 4.78 is 36.2. The molecule has 0 saturated heterocycles. The molecule has 0 saturated carbocycles. The second-order valence-electron chi connectivity index (χ2n) is 2.70. The second-order valence-corrected chi connectivity index (χ2v) is 2.70. The second kappa shape index (κ2) is 13.1. The summed E-state index contributed by atoms with van der Waals surface area (Å²) in [6, 6.07) is 4.55. The number of rotatable bonds is 1. The summed E-state index contributed by atoms with van der Waals surface area (Å²) in [5, 5.41) is 7.18. The highest BCUT2D eigenvalue weighted by atomic mass is 19.4. The van der Waals surface area contributed by atoms with Gasteiger partial charge in [0.25, 0.3) is 0 Å². The minimum atomic E-state index is -4.30. The van der Waals surface area contributed by atoms with Crippen LogP contribution < -0.4 is 0 Å². The van der Waals surface area contributed by atoms with E-state index in [1.165, 1.54) is 19.1 Å². The molecule has 0 spiro atoms. The summed E-state index contributed by atoms with van der Waals surface area (Å²) in [5.41, 5.74) is 0.0826. The van der Waals surface area contributed by atoms with Gasteiger partial charge in [0, 0.05) is 5.71 Å². The van der Waals surface area contributed by atoms with E-state index < -0.39 is 11.7 Å². The zero-order valence-electron chi connectivity index (χ0n) is 12.9. The van der Waals surface area contributed by atoms with E-state index in [-0.39, 0.29) is 5.71 Å². The average Bonchev–Trinajstić information content (AvgIpc) is 2.44. The molecule has 0 aliphatic heterocycles. The van der Waals surface area contributed by atoms with E-state index in [1.807, 2.05) is 41.5 Å². The van der Waals surface area contributed by atoms with E-state index in [0.29, 0.717) is 5.56 Å². The Morgan fingerprint density at radius 3 is 1.37 bits per heavy atom. The molecule has 0 unspecified atom stereocenters. The minimum Gasteiger partial charge on any atom is -0.305 e. The largest absolute Gasteiger partial charge is 0.416 e. The van der Waals surface area contributed by atoms with E-state index in [2.05, 4.69) is 0 Å². The SMILES string of the molecule is CC.CC.CC.CC(=N)c1ccc(C(F)(F)F)cc1. The maximum absolute atomic E-state index is 12.1. The number of hydrogen-bond donors (Lipinski definition) is 1. The first-order valence-electron chi connectivity index (χ1n) is 6.64. The lowest BCUT2D eigenvalue weighted by Crippen LogP contribution is -2.05. The zero-order valence-corrected chi connectivity index (χ0v) is 12.9. The first-order valence-corrected chi connectivity index (χ1v) is 6.64. The van der Waals surface area contributed by atoms with Gasteiger partial charge < -0.3 is 5.41 Å². The summed E-state index contributed by atoms with van der Waals surface area (Å²) >= 11 is 0. The van der Waals surface area contributed by atoms with Crippen LogP contribution in [0.25, 0.3) is 0 Å². The van der Waals surface area contributed by atoms with Gasteiger partial charge in [-0.15, -0.1) is 0 Å². The van der Waals surface area contributed by atoms with Gasteiger partial charge in [0.15, 0.2) is 0 Å². The van der Waals surface area contributed by atoms with E-state index in [1.54, 1.807) is 0 Å². The molecule has 0 amide bonds. The maximum atomic E-state index is 12.1. The summed E-state index contributed by atoms with van der Waals surface area (Å²) in [7, 11) is 0. The molecule has 1 nitrogen and oxygen atoms in total. The molecule has 0 aromatic heterocycles. The van der Waals surface area contributed by atoms with E-state index in [9.17, 15) is 13.2 Å². The first-order chi connectivity index (χ1) is 8.91. The van der Waals surface area contributed by atoms with Crippen LogP contribution >= 0.6 is 0 Å². The lowest BCUT2D eigenvalue weighted by atomic mass is 10.1. The molecular weight excluding hydrogens is 251 g/mol. The number of nitrogens with one attached hydrogen (secondary N) is 1. The van der Waals surface area contributed by atoms with Crippen molar-refractivity contribution in [2.75, 3.05) is 0 Å². The van der Waals surface area contributed by atoms with Crippen molar-refractivity contribution >= 4 is 5.71 Å². The van der Waals surface area contributed by atoms with Crippen LogP contribution in [-0.4, -0.2) is 5.71 Å². The third kappa shape index (κ3) is 10.3. The summed E-state index contributed by atoms with van der Waals surface area (Å²) in [4.78, 5) is 0. The van der Waals surface area contributed by atoms with Crippen LogP contribution in [0.4, 0.5) is 13.2 Å². The molecule has 1 aromatic carbocycles. The first kappa shape index (κ1) is 22.8. The van der Waals surface area contributed by atoms with E-state index in [0.717, 1.165) is 12.1 Å². The Bertz CT molecular complexity index is 313. The van der Waals surface area contributed by atoms with Crippen molar-refractivity contribution in [3.05, 3.63) is 35.4 Å². The van der Waals surface area contributed by atoms with Crippen LogP contribution in [0.3, 0.4) is 0 Å². The molecule has 1 rings (SSSR count). The highest BCUT2D eigenvalue weighted by molar-refractivity contribution is 5.96. The number of halogens is 3. The summed E-state index contributed by atoms with van der Waals surface area (Å²) in [6.45, 7) is 13.5. The van der Waals surface area contributed by atoms with Crippen molar-refractivity contribution in [3.63, 3.8) is 0 Å². The van der Waals surface area contributed by atoms with E-state index >= 15 is 0 Å². The molecule has 0 heterocycles. The minimum absolute atomic E-state index is 0.258. The Labute approximate surface area is 115 Å². The van der Waals surface area contributed by atoms with Crippen molar-refractivity contribution in [1.29, 1.82) is 5.41 Å². The molecule has 4 heteroatoms. The number of benzene rings is 1. The monoisotopic (exact) mass is 277 g/mol. The van der Waals surface area contributed by atoms with Crippen LogP contribution in [-0.2, 0) is 6.18 Å². The van der Waals surface area contributed by atoms with Gasteiger partial charge in [0.1, 0.15) is 0 Å². The fourth-order valence-corrected chi connectivity index (χ4v) is 0.909. The Kier molecular flexibility index (Phi) is 15.8. The molecular formula is C15H26F3N. The molecule has 0 fully saturated rings. The molecule has 1 N–H and O–H groups in total. The molecule has 19 heavy (non-hydrogen) atoms. The Morgan fingerprint density at radius 2 is 1.16 bits per heavy atom. The molecule has 0 bridgehead atoms. The van der Waals surface area contributed by atoms with Crippen LogP contribution in [0, 0.1) is 5.41 Å². The Balaban J connectivity index is -0.000000375. The van der Waals surface area contributed by atoms with Gasteiger partial charge in [-0.3, -0.25) is 0 Å². The van der Waals surface area contributed by atoms with Crippen molar-refractivity contribution in [1.82, 2.24) is 0 Å². The zero-order chi connectivity index (χ0) is 16.1. The molecule has 0 aliphatic carbocycles. The van der Waals surface area contributed by atoms with Crippen LogP contribution in [0.1, 0.15) is 59.6 Å². The molecule has 0 radical (unpaired) electrons. The van der Waals surface area contributed by atoms with Crippen molar-refractivity contribution in [3.8, 4) is 0 Å². The Morgan fingerprint density at radius 1 is 0.842 bits per heavy atom. The topological polar surface area (TPSA) is 23.9 Å². The van der Waals surface area contributed by atoms with Gasteiger partial charge in [0.2, 0.25) is 0 Å². The third-order valence-corrected chi connectivity index (χ3v) is 1.65. The van der Waals surface area contributed by atoms with Gasteiger partial charge in [-0.1, -0.05) is 53.7 Å². The highest BCUT2D eigenvalue weighted by Crippen LogP contribution is 2.28. The Hall–Kier alpha value is -1.32. The van der Waals surface area contributed by atoms with Crippen LogP contribution in [0.2, 0.25) is 0 Å². The molecule has 0 aliphatic rings. The average molecular weight is 277 g/mol. The van der Waals surface area contributed by atoms with Gasteiger partial charge in [0.05, 0.1) is 5.56 Å². The number of hydrogen-bond acceptors (Lipinski definition) is 1. The van der Waals surface area contributed by atoms with E-state index in [4.69, 9.17) is 5.41 Å². The molecule has 0 atom stereocenters. The fourth-order valence-electron chi connectivity index (χ4n) is 0.909. The quantitative estimate of drug-likeness (QED) is 0.593. The highest BCUT2D eigenvalue weighted by Gasteiger charge is 2.29. The third-order valence-electron chi connectivity index (χ3n) is 1.65. The smallest absolute Gasteiger partial charge is 0.305 e. The van der Waals surface area contributed by atoms with Gasteiger partial charge >= 0.3 is 6.18 Å². The molecule has 1 aromatic rings. The fraction of sp³-hybridized carbons (Fsp3) is 0.533. The maximum Gasteiger partial charge on any atom is 0.416 e. The predicted molar refractivity (Wildman–Crippen MR) is 78.0 cm³/mol. The van der Waals surface area contributed by atoms with Crippen molar-refractivity contribution < 1.29 is 13.2 Å². The van der Waals surface area contributed by atoms with Crippen molar-refractivity contribution in [2.45, 2.75) is 54.6 Å². The number of alkyl halides is 3. The normalized spacial score (nSPS) is 8.74. The standard InChI is InChI=1S/C9H8F3N.3C2H6/c1-6(13)7-2-4-8(5-3-7)9(10,11)12;3*1-2/h2-5,13H,1H3;3*1-2H3. The van der Waals surface area contributed by atoms with Crippen LogP contribution in [0.15, 0.2) is 24.3 Å². The van der Waals surface area contributed by atoms with Gasteiger partial charge in [-0.2, -0.15) is 13.2 Å². The molecule has 112 valence electrons. The summed E-state index contributed by atoms with van der Waals surface area (Å²) in [5.74, 6) is 0. The lowest BCUT2D eigenvalue weighted by molar-refractivity contribution is -0.137. The van der Waals surface area contributed by atoms with Gasteiger partial charge in [-0.05, 0) is 24.6 Å². The van der Waals surface area contributed by atoms with Gasteiger partial charge in [-0.25, -0.2) is 0 Å². The van der Waals surface area contributed by atoms with Crippen LogP contribution in [0.5, 0.6) is 0 Å². The van der Waals surface area contributed by atoms with Crippen molar-refractivity contribution in [2.24, 2.45) is 0 Å². The summed E-state index contributed by atoms with van der Waals surface area (Å²) in [6.07, 6.45) is -4.30. The lowest BCUT2D eigenvalue weighted by Gasteiger charge is -2.06.